The summed E-state index contributed by atoms with van der Waals surface area (Å²) in [5, 5.41) is 0. The standard InChI is InChI=1S/C25H21F3N2O5/c26-25(27,28)35-21-10-5-18(6-11-21)24(32)34-20-8-1-16(2-9-20)3-12-23(31)33-14-13-17-4-7-19(29)15-22(17)30/h1-12,15H,13-14,29-30H2/b12-3+. The molecule has 10 heteroatoms. The second kappa shape index (κ2) is 11.1. The molecule has 35 heavy (non-hydrogen) atoms. The van der Waals surface area contributed by atoms with Gasteiger partial charge in [-0.25, -0.2) is 9.59 Å². The number of carbonyl (C=O) groups excluding carboxylic acids is 2. The van der Waals surface area contributed by atoms with Crippen LogP contribution >= 0.6 is 0 Å². The number of esters is 2. The van der Waals surface area contributed by atoms with Crippen LogP contribution in [0.25, 0.3) is 6.08 Å². The molecule has 0 radical (unpaired) electrons. The molecule has 3 aromatic rings. The lowest BCUT2D eigenvalue weighted by atomic mass is 10.1. The van der Waals surface area contributed by atoms with Crippen LogP contribution in [0.4, 0.5) is 24.5 Å². The molecule has 4 N–H and O–H groups in total. The fourth-order valence-corrected chi connectivity index (χ4v) is 2.92. The van der Waals surface area contributed by atoms with E-state index in [0.717, 1.165) is 29.8 Å². The fraction of sp³-hybridized carbons (Fsp3) is 0.120. The molecule has 3 aromatic carbocycles. The van der Waals surface area contributed by atoms with Gasteiger partial charge in [0.25, 0.3) is 0 Å². The van der Waals surface area contributed by atoms with Crippen LogP contribution in [0.2, 0.25) is 0 Å². The largest absolute Gasteiger partial charge is 0.573 e. The molecule has 0 bridgehead atoms. The van der Waals surface area contributed by atoms with Crippen molar-refractivity contribution >= 4 is 29.4 Å². The Labute approximate surface area is 198 Å². The van der Waals surface area contributed by atoms with Crippen molar-refractivity contribution < 1.29 is 37.0 Å². The molecule has 0 aliphatic rings. The quantitative estimate of drug-likeness (QED) is 0.204. The maximum atomic E-state index is 12.2. The van der Waals surface area contributed by atoms with Crippen LogP contribution in [-0.4, -0.2) is 24.9 Å². The summed E-state index contributed by atoms with van der Waals surface area (Å²) in [7, 11) is 0. The van der Waals surface area contributed by atoms with Gasteiger partial charge in [-0.3, -0.25) is 0 Å². The van der Waals surface area contributed by atoms with Crippen LogP contribution in [0.3, 0.4) is 0 Å². The molecule has 0 saturated carbocycles. The summed E-state index contributed by atoms with van der Waals surface area (Å²) in [5.74, 6) is -1.52. The number of halogens is 3. The number of anilines is 2. The summed E-state index contributed by atoms with van der Waals surface area (Å²) in [6.07, 6.45) is -1.58. The number of benzene rings is 3. The van der Waals surface area contributed by atoms with E-state index in [1.165, 1.54) is 24.3 Å². The van der Waals surface area contributed by atoms with E-state index in [-0.39, 0.29) is 17.9 Å². The van der Waals surface area contributed by atoms with E-state index >= 15 is 0 Å². The van der Waals surface area contributed by atoms with Crippen molar-refractivity contribution in [3.05, 3.63) is 89.5 Å². The van der Waals surface area contributed by atoms with E-state index in [9.17, 15) is 22.8 Å². The maximum absolute atomic E-state index is 12.2. The molecular formula is C25H21F3N2O5. The third kappa shape index (κ3) is 8.11. The zero-order valence-electron chi connectivity index (χ0n) is 18.2. The molecule has 0 aromatic heterocycles. The molecule has 0 amide bonds. The second-order valence-corrected chi connectivity index (χ2v) is 7.24. The summed E-state index contributed by atoms with van der Waals surface area (Å²) in [6.45, 7) is 0.148. The van der Waals surface area contributed by atoms with Gasteiger partial charge in [0.1, 0.15) is 11.5 Å². The van der Waals surface area contributed by atoms with Gasteiger partial charge in [-0.05, 0) is 65.7 Å². The average Bonchev–Trinajstić information content (AvgIpc) is 2.79. The van der Waals surface area contributed by atoms with Gasteiger partial charge >= 0.3 is 18.3 Å². The van der Waals surface area contributed by atoms with Crippen molar-refractivity contribution in [3.63, 3.8) is 0 Å². The summed E-state index contributed by atoms with van der Waals surface area (Å²) in [5.41, 5.74) is 14.1. The SMILES string of the molecule is Nc1ccc(CCOC(=O)/C=C/c2ccc(OC(=O)c3ccc(OC(F)(F)F)cc3)cc2)c(N)c1. The first-order valence-electron chi connectivity index (χ1n) is 10.3. The monoisotopic (exact) mass is 486 g/mol. The highest BCUT2D eigenvalue weighted by molar-refractivity contribution is 5.91. The van der Waals surface area contributed by atoms with Gasteiger partial charge in [-0.1, -0.05) is 18.2 Å². The fourth-order valence-electron chi connectivity index (χ4n) is 2.92. The van der Waals surface area contributed by atoms with Crippen molar-refractivity contribution in [2.45, 2.75) is 12.8 Å². The number of nitrogen functional groups attached to an aromatic ring is 2. The van der Waals surface area contributed by atoms with E-state index in [1.54, 1.807) is 30.3 Å². The van der Waals surface area contributed by atoms with Crippen molar-refractivity contribution in [1.82, 2.24) is 0 Å². The summed E-state index contributed by atoms with van der Waals surface area (Å²) < 4.78 is 50.7. The Kier molecular flexibility index (Phi) is 7.98. The molecular weight excluding hydrogens is 465 g/mol. The first-order valence-corrected chi connectivity index (χ1v) is 10.3. The molecule has 0 fully saturated rings. The highest BCUT2D eigenvalue weighted by Gasteiger charge is 2.31. The highest BCUT2D eigenvalue weighted by atomic mass is 19.4. The number of alkyl halides is 3. The minimum Gasteiger partial charge on any atom is -0.462 e. The lowest BCUT2D eigenvalue weighted by molar-refractivity contribution is -0.274. The third-order valence-electron chi connectivity index (χ3n) is 4.61. The van der Waals surface area contributed by atoms with Gasteiger partial charge < -0.3 is 25.7 Å². The Morgan fingerprint density at radius 2 is 1.54 bits per heavy atom. The Balaban J connectivity index is 1.47. The van der Waals surface area contributed by atoms with E-state index in [0.29, 0.717) is 23.4 Å². The van der Waals surface area contributed by atoms with Crippen LogP contribution in [0, 0.1) is 0 Å². The predicted octanol–water partition coefficient (Wildman–Crippen LogP) is 4.77. The normalized spacial score (nSPS) is 11.3. The molecule has 0 aliphatic carbocycles. The molecule has 3 rings (SSSR count). The minimum absolute atomic E-state index is 0.0481. The second-order valence-electron chi connectivity index (χ2n) is 7.24. The molecule has 0 atom stereocenters. The smallest absolute Gasteiger partial charge is 0.462 e. The molecule has 0 heterocycles. The molecule has 182 valence electrons. The molecule has 0 spiro atoms. The first kappa shape index (κ1) is 25.2. The number of rotatable bonds is 8. The lowest BCUT2D eigenvalue weighted by Gasteiger charge is -2.09. The summed E-state index contributed by atoms with van der Waals surface area (Å²) in [4.78, 5) is 24.1. The van der Waals surface area contributed by atoms with Crippen LogP contribution < -0.4 is 20.9 Å². The molecule has 0 aliphatic heterocycles. The minimum atomic E-state index is -4.82. The zero-order chi connectivity index (χ0) is 25.4. The van der Waals surface area contributed by atoms with Crippen LogP contribution in [0.1, 0.15) is 21.5 Å². The number of ether oxygens (including phenoxy) is 3. The van der Waals surface area contributed by atoms with Gasteiger partial charge in [0.15, 0.2) is 0 Å². The van der Waals surface area contributed by atoms with Gasteiger partial charge in [-0.2, -0.15) is 0 Å². The van der Waals surface area contributed by atoms with Crippen LogP contribution in [0.15, 0.2) is 72.8 Å². The number of carbonyl (C=O) groups is 2. The van der Waals surface area contributed by atoms with Crippen molar-refractivity contribution in [1.29, 1.82) is 0 Å². The Morgan fingerprint density at radius 3 is 2.17 bits per heavy atom. The summed E-state index contributed by atoms with van der Waals surface area (Å²) in [6, 6.07) is 15.7. The van der Waals surface area contributed by atoms with Gasteiger partial charge in [0.2, 0.25) is 0 Å². The Bertz CT molecular complexity index is 1210. The number of hydrogen-bond acceptors (Lipinski definition) is 7. The van der Waals surface area contributed by atoms with Crippen molar-refractivity contribution in [2.75, 3.05) is 18.1 Å². The van der Waals surface area contributed by atoms with E-state index in [4.69, 9.17) is 20.9 Å². The van der Waals surface area contributed by atoms with Gasteiger partial charge in [0, 0.05) is 23.9 Å². The van der Waals surface area contributed by atoms with E-state index < -0.39 is 24.1 Å². The van der Waals surface area contributed by atoms with E-state index in [2.05, 4.69) is 4.74 Å². The van der Waals surface area contributed by atoms with Crippen molar-refractivity contribution in [2.24, 2.45) is 0 Å². The summed E-state index contributed by atoms with van der Waals surface area (Å²) >= 11 is 0. The van der Waals surface area contributed by atoms with Gasteiger partial charge in [0.05, 0.1) is 12.2 Å². The zero-order valence-corrected chi connectivity index (χ0v) is 18.2. The number of nitrogens with two attached hydrogens (primary N) is 2. The lowest BCUT2D eigenvalue weighted by Crippen LogP contribution is -2.17. The third-order valence-corrected chi connectivity index (χ3v) is 4.61. The van der Waals surface area contributed by atoms with Gasteiger partial charge in [-0.15, -0.1) is 13.2 Å². The molecule has 0 unspecified atom stereocenters. The number of hydrogen-bond donors (Lipinski definition) is 2. The highest BCUT2D eigenvalue weighted by Crippen LogP contribution is 2.23. The maximum Gasteiger partial charge on any atom is 0.573 e. The topological polar surface area (TPSA) is 114 Å². The predicted molar refractivity (Wildman–Crippen MR) is 123 cm³/mol. The van der Waals surface area contributed by atoms with E-state index in [1.807, 2.05) is 0 Å². The van der Waals surface area contributed by atoms with Crippen LogP contribution in [0.5, 0.6) is 11.5 Å². The first-order chi connectivity index (χ1) is 16.6. The Hall–Kier alpha value is -4.47. The average molecular weight is 486 g/mol. The molecule has 0 saturated heterocycles. The van der Waals surface area contributed by atoms with Crippen LogP contribution in [-0.2, 0) is 16.0 Å². The Morgan fingerprint density at radius 1 is 0.886 bits per heavy atom. The van der Waals surface area contributed by atoms with Crippen molar-refractivity contribution in [3.8, 4) is 11.5 Å². The molecule has 7 nitrogen and oxygen atoms in total.